The lowest BCUT2D eigenvalue weighted by molar-refractivity contribution is -0.128. The average Bonchev–Trinajstić information content (AvgIpc) is 3.00. The van der Waals surface area contributed by atoms with E-state index >= 15 is 0 Å². The van der Waals surface area contributed by atoms with Crippen molar-refractivity contribution in [1.82, 2.24) is 9.80 Å². The van der Waals surface area contributed by atoms with Crippen LogP contribution in [0.5, 0.6) is 0 Å². The topological polar surface area (TPSA) is 66.6 Å². The Morgan fingerprint density at radius 1 is 1.21 bits per heavy atom. The molecular weight excluding hydrogens is 302 g/mol. The van der Waals surface area contributed by atoms with Gasteiger partial charge in [-0.15, -0.1) is 0 Å². The van der Waals surface area contributed by atoms with Gasteiger partial charge in [0.1, 0.15) is 0 Å². The highest BCUT2D eigenvalue weighted by Gasteiger charge is 2.29. The van der Waals surface area contributed by atoms with Gasteiger partial charge in [-0.2, -0.15) is 0 Å². The summed E-state index contributed by atoms with van der Waals surface area (Å²) in [5, 5.41) is 0. The van der Waals surface area contributed by atoms with Gasteiger partial charge in [0.15, 0.2) is 0 Å². The van der Waals surface area contributed by atoms with Crippen molar-refractivity contribution in [2.45, 2.75) is 57.7 Å². The van der Waals surface area contributed by atoms with Gasteiger partial charge < -0.3 is 15.5 Å². The van der Waals surface area contributed by atoms with Crippen LogP contribution in [0.1, 0.15) is 54.9 Å². The number of piperidine rings is 1. The summed E-state index contributed by atoms with van der Waals surface area (Å²) in [5.41, 5.74) is 7.85. The minimum absolute atomic E-state index is 0.00491. The van der Waals surface area contributed by atoms with E-state index in [4.69, 9.17) is 5.73 Å². The molecular formula is C19H27N3O2. The van der Waals surface area contributed by atoms with Crippen LogP contribution in [0.15, 0.2) is 24.3 Å². The normalized spacial score (nSPS) is 22.8. The highest BCUT2D eigenvalue weighted by Crippen LogP contribution is 2.22. The molecule has 0 aromatic heterocycles. The van der Waals surface area contributed by atoms with Crippen molar-refractivity contribution in [1.29, 1.82) is 0 Å². The molecule has 0 spiro atoms. The lowest BCUT2D eigenvalue weighted by Gasteiger charge is -2.38. The molecule has 2 amide bonds. The first-order valence-corrected chi connectivity index (χ1v) is 8.99. The first-order valence-electron chi connectivity index (χ1n) is 8.99. The Bertz CT molecular complexity index is 597. The van der Waals surface area contributed by atoms with E-state index in [0.717, 1.165) is 44.3 Å². The van der Waals surface area contributed by atoms with Crippen LogP contribution < -0.4 is 5.73 Å². The molecule has 5 nitrogen and oxygen atoms in total. The molecule has 2 fully saturated rings. The Balaban J connectivity index is 1.68. The zero-order valence-corrected chi connectivity index (χ0v) is 14.4. The summed E-state index contributed by atoms with van der Waals surface area (Å²) < 4.78 is 0. The summed E-state index contributed by atoms with van der Waals surface area (Å²) in [6.45, 7) is 4.24. The monoisotopic (exact) mass is 329 g/mol. The molecule has 2 N–H and O–H groups in total. The van der Waals surface area contributed by atoms with Crippen LogP contribution >= 0.6 is 0 Å². The van der Waals surface area contributed by atoms with Crippen molar-refractivity contribution in [3.05, 3.63) is 35.4 Å². The largest absolute Gasteiger partial charge is 0.338 e. The lowest BCUT2D eigenvalue weighted by Crippen LogP contribution is -2.51. The zero-order chi connectivity index (χ0) is 17.1. The molecule has 24 heavy (non-hydrogen) atoms. The number of rotatable bonds is 4. The van der Waals surface area contributed by atoms with E-state index in [2.05, 4.69) is 0 Å². The Morgan fingerprint density at radius 3 is 2.58 bits per heavy atom. The van der Waals surface area contributed by atoms with Gasteiger partial charge in [0.2, 0.25) is 5.91 Å². The maximum absolute atomic E-state index is 12.8. The molecule has 0 saturated carbocycles. The number of carbonyl (C=O) groups excluding carboxylic acids is 2. The Morgan fingerprint density at radius 2 is 1.96 bits per heavy atom. The number of benzene rings is 1. The molecule has 5 heteroatoms. The molecule has 2 unspecified atom stereocenters. The summed E-state index contributed by atoms with van der Waals surface area (Å²) in [7, 11) is 0. The molecule has 2 aliphatic heterocycles. The lowest BCUT2D eigenvalue weighted by atomic mass is 9.96. The molecule has 2 saturated heterocycles. The summed E-state index contributed by atoms with van der Waals surface area (Å²) in [6, 6.07) is 7.81. The molecule has 0 aliphatic carbocycles. The van der Waals surface area contributed by atoms with E-state index in [-0.39, 0.29) is 23.9 Å². The van der Waals surface area contributed by atoms with Crippen LogP contribution in [0.4, 0.5) is 0 Å². The number of hydrogen-bond acceptors (Lipinski definition) is 3. The van der Waals surface area contributed by atoms with Crippen molar-refractivity contribution < 1.29 is 9.59 Å². The third-order valence-corrected chi connectivity index (χ3v) is 5.16. The predicted molar refractivity (Wildman–Crippen MR) is 93.4 cm³/mol. The van der Waals surface area contributed by atoms with Gasteiger partial charge >= 0.3 is 0 Å². The molecule has 2 aliphatic rings. The fourth-order valence-corrected chi connectivity index (χ4v) is 3.77. The minimum atomic E-state index is -0.00491. The fraction of sp³-hybridized carbons (Fsp3) is 0.579. The summed E-state index contributed by atoms with van der Waals surface area (Å²) in [4.78, 5) is 28.4. The van der Waals surface area contributed by atoms with E-state index in [1.807, 2.05) is 41.0 Å². The van der Waals surface area contributed by atoms with Crippen LogP contribution in [0.25, 0.3) is 0 Å². The van der Waals surface area contributed by atoms with Gasteiger partial charge in [-0.25, -0.2) is 0 Å². The molecule has 3 rings (SSSR count). The number of hydrogen-bond donors (Lipinski definition) is 1. The second-order valence-corrected chi connectivity index (χ2v) is 7.04. The highest BCUT2D eigenvalue weighted by atomic mass is 16.2. The van der Waals surface area contributed by atoms with E-state index < -0.39 is 0 Å². The first-order chi connectivity index (χ1) is 11.6. The number of carbonyl (C=O) groups is 2. The van der Waals surface area contributed by atoms with Gasteiger partial charge in [-0.1, -0.05) is 12.1 Å². The van der Waals surface area contributed by atoms with Gasteiger partial charge in [0.25, 0.3) is 5.91 Å². The number of nitrogens with zero attached hydrogens (tertiary/aromatic N) is 2. The molecule has 130 valence electrons. The molecule has 0 radical (unpaired) electrons. The van der Waals surface area contributed by atoms with Crippen LogP contribution in [0, 0.1) is 0 Å². The molecule has 1 aromatic carbocycles. The maximum Gasteiger partial charge on any atom is 0.254 e. The number of nitrogens with two attached hydrogens (primary N) is 1. The standard InChI is InChI=1S/C19H27N3O2/c1-14(20)17-5-2-3-12-22(17)19(24)16-9-7-15(8-10-16)13-21-11-4-6-18(21)23/h7-10,14,17H,2-6,11-13,20H2,1H3. The molecule has 2 heterocycles. The first kappa shape index (κ1) is 17.0. The van der Waals surface area contributed by atoms with Crippen molar-refractivity contribution in [2.75, 3.05) is 13.1 Å². The van der Waals surface area contributed by atoms with Crippen LogP contribution in [-0.4, -0.2) is 46.8 Å². The summed E-state index contributed by atoms with van der Waals surface area (Å²) in [5.74, 6) is 0.295. The quantitative estimate of drug-likeness (QED) is 0.920. The Labute approximate surface area is 143 Å². The van der Waals surface area contributed by atoms with Crippen LogP contribution in [0.3, 0.4) is 0 Å². The minimum Gasteiger partial charge on any atom is -0.338 e. The Hall–Kier alpha value is -1.88. The summed E-state index contributed by atoms with van der Waals surface area (Å²) >= 11 is 0. The molecule has 1 aromatic rings. The van der Waals surface area contributed by atoms with E-state index in [9.17, 15) is 9.59 Å². The predicted octanol–water partition coefficient (Wildman–Crippen LogP) is 2.15. The maximum atomic E-state index is 12.8. The highest BCUT2D eigenvalue weighted by molar-refractivity contribution is 5.94. The third kappa shape index (κ3) is 3.61. The number of likely N-dealkylation sites (tertiary alicyclic amines) is 2. The summed E-state index contributed by atoms with van der Waals surface area (Å²) in [6.07, 6.45) is 4.77. The third-order valence-electron chi connectivity index (χ3n) is 5.16. The van der Waals surface area contributed by atoms with Crippen molar-refractivity contribution in [3.8, 4) is 0 Å². The van der Waals surface area contributed by atoms with Gasteiger partial charge in [-0.3, -0.25) is 9.59 Å². The fourth-order valence-electron chi connectivity index (χ4n) is 3.77. The second-order valence-electron chi connectivity index (χ2n) is 7.04. The van der Waals surface area contributed by atoms with Crippen molar-refractivity contribution in [3.63, 3.8) is 0 Å². The molecule has 2 atom stereocenters. The van der Waals surface area contributed by atoms with Crippen LogP contribution in [0.2, 0.25) is 0 Å². The van der Waals surface area contributed by atoms with Crippen molar-refractivity contribution >= 4 is 11.8 Å². The SMILES string of the molecule is CC(N)C1CCCCN1C(=O)c1ccc(CN2CCCC2=O)cc1. The zero-order valence-electron chi connectivity index (χ0n) is 14.4. The number of amides is 2. The van der Waals surface area contributed by atoms with E-state index in [1.165, 1.54) is 0 Å². The van der Waals surface area contributed by atoms with Gasteiger partial charge in [-0.05, 0) is 50.3 Å². The van der Waals surface area contributed by atoms with Gasteiger partial charge in [0.05, 0.1) is 0 Å². The van der Waals surface area contributed by atoms with Crippen LogP contribution in [-0.2, 0) is 11.3 Å². The van der Waals surface area contributed by atoms with Gasteiger partial charge in [0, 0.05) is 43.7 Å². The average molecular weight is 329 g/mol. The van der Waals surface area contributed by atoms with Crippen molar-refractivity contribution in [2.24, 2.45) is 5.73 Å². The smallest absolute Gasteiger partial charge is 0.254 e. The molecule has 0 bridgehead atoms. The Kier molecular flexibility index (Phi) is 5.19. The second kappa shape index (κ2) is 7.34. The van der Waals surface area contributed by atoms with E-state index in [1.54, 1.807) is 0 Å². The van der Waals surface area contributed by atoms with E-state index in [0.29, 0.717) is 18.5 Å².